The van der Waals surface area contributed by atoms with Crippen LogP contribution in [0.3, 0.4) is 0 Å². The van der Waals surface area contributed by atoms with Crippen LogP contribution < -0.4 is 16.4 Å². The smallest absolute Gasteiger partial charge is 0.326 e. The van der Waals surface area contributed by atoms with Crippen LogP contribution in [0, 0.1) is 5.92 Å². The minimum Gasteiger partial charge on any atom is -0.480 e. The fraction of sp³-hybridized carbons (Fsp3) is 0.524. The minimum absolute atomic E-state index is 0.0456. The van der Waals surface area contributed by atoms with E-state index < -0.39 is 30.0 Å². The van der Waals surface area contributed by atoms with E-state index in [9.17, 15) is 24.3 Å². The number of carboxylic acid groups (broad SMARTS) is 1. The molecule has 9 heteroatoms. The van der Waals surface area contributed by atoms with Gasteiger partial charge in [-0.05, 0) is 36.3 Å². The van der Waals surface area contributed by atoms with Crippen LogP contribution in [0.5, 0.6) is 0 Å². The maximum absolute atomic E-state index is 12.4. The summed E-state index contributed by atoms with van der Waals surface area (Å²) in [6.45, 7) is 3.99. The van der Waals surface area contributed by atoms with Gasteiger partial charge in [0.25, 0.3) is 0 Å². The molecule has 0 aliphatic heterocycles. The summed E-state index contributed by atoms with van der Waals surface area (Å²) in [5, 5.41) is 14.4. The molecule has 0 bridgehead atoms. The fourth-order valence-electron chi connectivity index (χ4n) is 2.95. The van der Waals surface area contributed by atoms with Gasteiger partial charge in [-0.2, -0.15) is 11.8 Å². The number of carbonyl (C=O) groups is 4. The molecule has 0 heterocycles. The normalized spacial score (nSPS) is 13.9. The lowest BCUT2D eigenvalue weighted by Crippen LogP contribution is -2.50. The number of nitrogens with two attached hydrogens (primary N) is 1. The van der Waals surface area contributed by atoms with Crippen molar-refractivity contribution in [2.24, 2.45) is 11.7 Å². The highest BCUT2D eigenvalue weighted by molar-refractivity contribution is 7.98. The van der Waals surface area contributed by atoms with E-state index in [1.807, 2.05) is 20.1 Å². The number of aliphatic carboxylic acids is 1. The molecule has 8 nitrogen and oxygen atoms in total. The van der Waals surface area contributed by atoms with Crippen LogP contribution in [-0.4, -0.2) is 59.3 Å². The van der Waals surface area contributed by atoms with Gasteiger partial charge in [-0.1, -0.05) is 38.1 Å². The number of Topliss-reactive ketones (excluding diaryl/α,β-unsaturated/α-hetero) is 1. The van der Waals surface area contributed by atoms with Crippen molar-refractivity contribution >= 4 is 35.8 Å². The molecule has 5 N–H and O–H groups in total. The van der Waals surface area contributed by atoms with Crippen molar-refractivity contribution in [1.82, 2.24) is 10.6 Å². The third-order valence-corrected chi connectivity index (χ3v) is 5.20. The number of rotatable bonds is 14. The predicted molar refractivity (Wildman–Crippen MR) is 117 cm³/mol. The maximum Gasteiger partial charge on any atom is 0.326 e. The molecule has 30 heavy (non-hydrogen) atoms. The third-order valence-electron chi connectivity index (χ3n) is 4.55. The third kappa shape index (κ3) is 8.54. The lowest BCUT2D eigenvalue weighted by molar-refractivity contribution is -0.142. The number of thioether (sulfide) groups is 1. The van der Waals surface area contributed by atoms with E-state index in [0.29, 0.717) is 42.0 Å². The number of ketones is 1. The number of hydrogen-bond donors (Lipinski definition) is 4. The molecule has 1 rings (SSSR count). The zero-order valence-electron chi connectivity index (χ0n) is 17.6. The summed E-state index contributed by atoms with van der Waals surface area (Å²) < 4.78 is 0. The Morgan fingerprint density at radius 2 is 1.80 bits per heavy atom. The zero-order chi connectivity index (χ0) is 22.7. The van der Waals surface area contributed by atoms with Crippen LogP contribution in [0.15, 0.2) is 24.3 Å². The first-order chi connectivity index (χ1) is 14.2. The summed E-state index contributed by atoms with van der Waals surface area (Å²) in [6.07, 6.45) is 3.33. The van der Waals surface area contributed by atoms with Gasteiger partial charge in [-0.15, -0.1) is 0 Å². The van der Waals surface area contributed by atoms with Gasteiger partial charge < -0.3 is 21.5 Å². The minimum atomic E-state index is -1.18. The van der Waals surface area contributed by atoms with Crippen molar-refractivity contribution in [1.29, 1.82) is 0 Å². The molecule has 0 aromatic heterocycles. The number of hydrogen-bond acceptors (Lipinski definition) is 6. The molecule has 0 fully saturated rings. The molecule has 3 atom stereocenters. The second kappa shape index (κ2) is 13.0. The lowest BCUT2D eigenvalue weighted by Gasteiger charge is -2.20. The average molecular weight is 438 g/mol. The van der Waals surface area contributed by atoms with E-state index in [1.165, 1.54) is 11.8 Å². The summed E-state index contributed by atoms with van der Waals surface area (Å²) in [7, 11) is 0. The molecule has 0 saturated heterocycles. The molecule has 0 radical (unpaired) electrons. The molecular formula is C21H31N3O5S. The fourth-order valence-corrected chi connectivity index (χ4v) is 3.42. The van der Waals surface area contributed by atoms with Gasteiger partial charge in [-0.3, -0.25) is 14.4 Å². The Morgan fingerprint density at radius 3 is 2.30 bits per heavy atom. The van der Waals surface area contributed by atoms with Gasteiger partial charge in [0, 0.05) is 12.0 Å². The van der Waals surface area contributed by atoms with E-state index in [2.05, 4.69) is 10.6 Å². The molecule has 0 spiro atoms. The molecule has 1 aromatic carbocycles. The Hall–Kier alpha value is -2.39. The van der Waals surface area contributed by atoms with E-state index in [-0.39, 0.29) is 12.2 Å². The summed E-state index contributed by atoms with van der Waals surface area (Å²) in [4.78, 5) is 47.1. The summed E-state index contributed by atoms with van der Waals surface area (Å²) >= 11 is 1.52. The maximum atomic E-state index is 12.4. The Kier molecular flexibility index (Phi) is 11.1. The first kappa shape index (κ1) is 25.6. The Balaban J connectivity index is 2.81. The van der Waals surface area contributed by atoms with Crippen molar-refractivity contribution in [3.63, 3.8) is 0 Å². The van der Waals surface area contributed by atoms with Gasteiger partial charge in [-0.25, -0.2) is 4.79 Å². The quantitative estimate of drug-likeness (QED) is 0.253. The molecule has 2 amide bonds. The summed E-state index contributed by atoms with van der Waals surface area (Å²) in [6, 6.07) is 4.03. The van der Waals surface area contributed by atoms with Gasteiger partial charge in [0.2, 0.25) is 12.3 Å². The molecule has 166 valence electrons. The molecule has 1 aromatic rings. The number of carbonyl (C=O) groups excluding carboxylic acids is 3. The molecule has 0 aliphatic rings. The SMILES string of the molecule is CSCCC(NC=O)C(=O)NC(Cc1ccc(C(=O)C(N)CC(C)C)cc1)C(=O)O. The van der Waals surface area contributed by atoms with Crippen LogP contribution in [0.25, 0.3) is 0 Å². The van der Waals surface area contributed by atoms with E-state index in [1.54, 1.807) is 24.3 Å². The Labute approximate surface area is 181 Å². The van der Waals surface area contributed by atoms with Crippen molar-refractivity contribution < 1.29 is 24.3 Å². The summed E-state index contributed by atoms with van der Waals surface area (Å²) in [5.74, 6) is -0.941. The van der Waals surface area contributed by atoms with E-state index in [0.717, 1.165) is 0 Å². The number of nitrogens with one attached hydrogen (secondary N) is 2. The molecule has 0 aliphatic carbocycles. The van der Waals surface area contributed by atoms with Crippen LogP contribution >= 0.6 is 11.8 Å². The standard InChI is InChI=1S/C21H31N3O5S/c1-13(2)10-16(22)19(26)15-6-4-14(5-7-15)11-18(21(28)29)24-20(27)17(23-12-25)8-9-30-3/h4-7,12-13,16-18H,8-11,22H2,1-3H3,(H,23,25)(H,24,27)(H,28,29). The monoisotopic (exact) mass is 437 g/mol. The highest BCUT2D eigenvalue weighted by atomic mass is 32.2. The first-order valence-corrected chi connectivity index (χ1v) is 11.2. The topological polar surface area (TPSA) is 139 Å². The van der Waals surface area contributed by atoms with Crippen molar-refractivity contribution in [2.75, 3.05) is 12.0 Å². The van der Waals surface area contributed by atoms with Crippen LogP contribution in [0.4, 0.5) is 0 Å². The number of carboxylic acids is 1. The second-order valence-electron chi connectivity index (χ2n) is 7.52. The second-order valence-corrected chi connectivity index (χ2v) is 8.50. The van der Waals surface area contributed by atoms with E-state index in [4.69, 9.17) is 5.73 Å². The van der Waals surface area contributed by atoms with Crippen molar-refractivity contribution in [2.45, 2.75) is 51.2 Å². The van der Waals surface area contributed by atoms with Crippen molar-refractivity contribution in [3.8, 4) is 0 Å². The number of benzene rings is 1. The molecular weight excluding hydrogens is 406 g/mol. The van der Waals surface area contributed by atoms with Crippen LogP contribution in [-0.2, 0) is 20.8 Å². The average Bonchev–Trinajstić information content (AvgIpc) is 2.69. The van der Waals surface area contributed by atoms with E-state index >= 15 is 0 Å². The predicted octanol–water partition coefficient (Wildman–Crippen LogP) is 1.22. The zero-order valence-corrected chi connectivity index (χ0v) is 18.4. The van der Waals surface area contributed by atoms with Crippen molar-refractivity contribution in [3.05, 3.63) is 35.4 Å². The van der Waals surface area contributed by atoms with Gasteiger partial charge in [0.15, 0.2) is 5.78 Å². The Bertz CT molecular complexity index is 724. The Morgan fingerprint density at radius 1 is 1.17 bits per heavy atom. The summed E-state index contributed by atoms with van der Waals surface area (Å²) in [5.41, 5.74) is 7.07. The van der Waals surface area contributed by atoms with Crippen LogP contribution in [0.2, 0.25) is 0 Å². The first-order valence-electron chi connectivity index (χ1n) is 9.80. The van der Waals surface area contributed by atoms with Gasteiger partial charge in [0.05, 0.1) is 6.04 Å². The molecule has 0 saturated carbocycles. The lowest BCUT2D eigenvalue weighted by atomic mass is 9.95. The highest BCUT2D eigenvalue weighted by Gasteiger charge is 2.25. The van der Waals surface area contributed by atoms with Gasteiger partial charge >= 0.3 is 5.97 Å². The number of amides is 2. The largest absolute Gasteiger partial charge is 0.480 e. The molecule has 3 unspecified atom stereocenters. The van der Waals surface area contributed by atoms with Gasteiger partial charge in [0.1, 0.15) is 12.1 Å². The highest BCUT2D eigenvalue weighted by Crippen LogP contribution is 2.13. The van der Waals surface area contributed by atoms with Crippen LogP contribution in [0.1, 0.15) is 42.6 Å².